The molecular weight excluding hydrogens is 396 g/mol. The molecule has 158 valence electrons. The molecule has 1 saturated heterocycles. The molecule has 8 nitrogen and oxygen atoms in total. The first-order valence-electron chi connectivity index (χ1n) is 9.67. The van der Waals surface area contributed by atoms with E-state index in [1.54, 1.807) is 26.4 Å². The van der Waals surface area contributed by atoms with Crippen LogP contribution < -0.4 is 9.47 Å². The lowest BCUT2D eigenvalue weighted by atomic mass is 9.95. The predicted molar refractivity (Wildman–Crippen MR) is 105 cm³/mol. The molecule has 4 rings (SSSR count). The van der Waals surface area contributed by atoms with Crippen LogP contribution in [0.15, 0.2) is 33.8 Å². The number of hydrogen-bond acceptors (Lipinski definition) is 7. The van der Waals surface area contributed by atoms with Crippen molar-refractivity contribution < 1.29 is 27.4 Å². The van der Waals surface area contributed by atoms with Gasteiger partial charge in [0.15, 0.2) is 0 Å². The molecule has 2 aliphatic heterocycles. The normalized spacial score (nSPS) is 20.6. The van der Waals surface area contributed by atoms with Crippen molar-refractivity contribution in [2.45, 2.75) is 37.1 Å². The number of β-amino-alcohol motifs (C(OH)–C–C–N with tert-alkyl or cyclic N) is 1. The lowest BCUT2D eigenvalue weighted by molar-refractivity contribution is 0.0795. The predicted octanol–water partition coefficient (Wildman–Crippen LogP) is 2.13. The zero-order chi connectivity index (χ0) is 20.6. The molecule has 2 aromatic rings. The van der Waals surface area contributed by atoms with Crippen LogP contribution >= 0.6 is 0 Å². The van der Waals surface area contributed by atoms with Crippen molar-refractivity contribution in [1.82, 2.24) is 9.21 Å². The minimum absolute atomic E-state index is 0.0217. The van der Waals surface area contributed by atoms with Crippen LogP contribution in [0.5, 0.6) is 11.5 Å². The Balaban J connectivity index is 1.54. The van der Waals surface area contributed by atoms with Crippen molar-refractivity contribution in [3.63, 3.8) is 0 Å². The van der Waals surface area contributed by atoms with E-state index in [4.69, 9.17) is 13.9 Å². The Morgan fingerprint density at radius 2 is 1.79 bits per heavy atom. The van der Waals surface area contributed by atoms with E-state index >= 15 is 0 Å². The summed E-state index contributed by atoms with van der Waals surface area (Å²) in [6.07, 6.45) is 1.01. The second kappa shape index (κ2) is 7.98. The Morgan fingerprint density at radius 1 is 1.10 bits per heavy atom. The Labute approximate surface area is 170 Å². The van der Waals surface area contributed by atoms with Gasteiger partial charge in [-0.25, -0.2) is 8.42 Å². The average molecular weight is 423 g/mol. The number of benzene rings is 1. The van der Waals surface area contributed by atoms with E-state index in [2.05, 4.69) is 0 Å². The van der Waals surface area contributed by atoms with E-state index < -0.39 is 16.1 Å². The van der Waals surface area contributed by atoms with Crippen LogP contribution in [0, 0.1) is 0 Å². The third-order valence-electron chi connectivity index (χ3n) is 5.54. The summed E-state index contributed by atoms with van der Waals surface area (Å²) in [6, 6.07) is 6.81. The molecule has 0 unspecified atom stereocenters. The first-order chi connectivity index (χ1) is 13.9. The highest BCUT2D eigenvalue weighted by Crippen LogP contribution is 2.39. The van der Waals surface area contributed by atoms with E-state index in [0.717, 1.165) is 24.0 Å². The van der Waals surface area contributed by atoms with E-state index in [-0.39, 0.29) is 5.09 Å². The van der Waals surface area contributed by atoms with Crippen molar-refractivity contribution in [3.8, 4) is 11.5 Å². The van der Waals surface area contributed by atoms with Gasteiger partial charge in [-0.15, -0.1) is 0 Å². The number of ether oxygens (including phenoxy) is 2. The SMILES string of the molecule is COc1ccc(OC)c2c1CN(Cc1ccc(S(=O)(=O)N3CCCC3)o1)C[C@H]2O. The monoisotopic (exact) mass is 422 g/mol. The summed E-state index contributed by atoms with van der Waals surface area (Å²) in [5.41, 5.74) is 1.60. The fraction of sp³-hybridized carbons (Fsp3) is 0.500. The van der Waals surface area contributed by atoms with Crippen molar-refractivity contribution in [3.05, 3.63) is 41.2 Å². The van der Waals surface area contributed by atoms with Crippen LogP contribution in [0.3, 0.4) is 0 Å². The molecule has 2 aliphatic rings. The van der Waals surface area contributed by atoms with Gasteiger partial charge in [0.25, 0.3) is 10.0 Å². The fourth-order valence-electron chi connectivity index (χ4n) is 4.12. The number of furan rings is 1. The number of aliphatic hydroxyl groups excluding tert-OH is 1. The molecule has 1 N–H and O–H groups in total. The van der Waals surface area contributed by atoms with E-state index in [9.17, 15) is 13.5 Å². The highest BCUT2D eigenvalue weighted by molar-refractivity contribution is 7.89. The van der Waals surface area contributed by atoms with Crippen LogP contribution in [-0.4, -0.2) is 56.6 Å². The molecule has 1 aromatic heterocycles. The number of methoxy groups -OCH3 is 2. The summed E-state index contributed by atoms with van der Waals surface area (Å²) in [6.45, 7) is 2.36. The van der Waals surface area contributed by atoms with Crippen LogP contribution in [0.4, 0.5) is 0 Å². The number of sulfonamides is 1. The largest absolute Gasteiger partial charge is 0.496 e. The van der Waals surface area contributed by atoms with Gasteiger partial charge in [0.05, 0.1) is 26.9 Å². The van der Waals surface area contributed by atoms with Gasteiger partial charge in [-0.3, -0.25) is 4.90 Å². The van der Waals surface area contributed by atoms with Gasteiger partial charge in [0.1, 0.15) is 17.3 Å². The summed E-state index contributed by atoms with van der Waals surface area (Å²) in [7, 11) is -0.407. The molecule has 29 heavy (non-hydrogen) atoms. The molecular formula is C20H26N2O6S. The Morgan fingerprint density at radius 3 is 2.48 bits per heavy atom. The zero-order valence-electron chi connectivity index (χ0n) is 16.6. The molecule has 0 amide bonds. The molecule has 3 heterocycles. The first-order valence-corrected chi connectivity index (χ1v) is 11.1. The molecule has 0 spiro atoms. The fourth-order valence-corrected chi connectivity index (χ4v) is 5.57. The minimum Gasteiger partial charge on any atom is -0.496 e. The molecule has 1 fully saturated rings. The summed E-state index contributed by atoms with van der Waals surface area (Å²) in [4.78, 5) is 2.00. The summed E-state index contributed by atoms with van der Waals surface area (Å²) in [5, 5.41) is 10.7. The average Bonchev–Trinajstić information content (AvgIpc) is 3.40. The van der Waals surface area contributed by atoms with Crippen molar-refractivity contribution in [2.75, 3.05) is 33.9 Å². The number of aliphatic hydroxyl groups is 1. The maximum Gasteiger partial charge on any atom is 0.276 e. The first kappa shape index (κ1) is 20.2. The molecule has 1 atom stereocenters. The smallest absolute Gasteiger partial charge is 0.276 e. The molecule has 1 aromatic carbocycles. The Kier molecular flexibility index (Phi) is 5.56. The summed E-state index contributed by atoms with van der Waals surface area (Å²) in [5.74, 6) is 1.85. The number of nitrogens with zero attached hydrogens (tertiary/aromatic N) is 2. The van der Waals surface area contributed by atoms with Gasteiger partial charge < -0.3 is 19.0 Å². The van der Waals surface area contributed by atoms with Crippen molar-refractivity contribution in [1.29, 1.82) is 0 Å². The second-order valence-corrected chi connectivity index (χ2v) is 9.25. The standard InChI is InChI=1S/C20H26N2O6S/c1-26-17-6-7-18(27-2)20-15(17)12-21(13-16(20)23)11-14-5-8-19(28-14)29(24,25)22-9-3-4-10-22/h5-8,16,23H,3-4,9-13H2,1-2H3/t16-/m1/s1. The molecule has 0 bridgehead atoms. The van der Waals surface area contributed by atoms with Crippen LogP contribution in [0.1, 0.15) is 35.8 Å². The Hall–Kier alpha value is -2.07. The minimum atomic E-state index is -3.58. The molecule has 0 radical (unpaired) electrons. The molecule has 0 saturated carbocycles. The molecule has 9 heteroatoms. The highest BCUT2D eigenvalue weighted by atomic mass is 32.2. The third-order valence-corrected chi connectivity index (χ3v) is 7.31. The second-order valence-electron chi connectivity index (χ2n) is 7.38. The highest BCUT2D eigenvalue weighted by Gasteiger charge is 2.32. The van der Waals surface area contributed by atoms with E-state index in [1.165, 1.54) is 10.4 Å². The lowest BCUT2D eigenvalue weighted by Gasteiger charge is -2.33. The maximum absolute atomic E-state index is 12.7. The van der Waals surface area contributed by atoms with Gasteiger partial charge in [-0.2, -0.15) is 4.31 Å². The lowest BCUT2D eigenvalue weighted by Crippen LogP contribution is -2.33. The summed E-state index contributed by atoms with van der Waals surface area (Å²) >= 11 is 0. The van der Waals surface area contributed by atoms with Gasteiger partial charge in [-0.1, -0.05) is 0 Å². The van der Waals surface area contributed by atoms with Gasteiger partial charge in [-0.05, 0) is 37.1 Å². The van der Waals surface area contributed by atoms with Crippen molar-refractivity contribution >= 4 is 10.0 Å². The number of fused-ring (bicyclic) bond motifs is 1. The van der Waals surface area contributed by atoms with Crippen molar-refractivity contribution in [2.24, 2.45) is 0 Å². The van der Waals surface area contributed by atoms with E-state index in [0.29, 0.717) is 50.0 Å². The maximum atomic E-state index is 12.7. The van der Waals surface area contributed by atoms with Gasteiger partial charge in [0, 0.05) is 37.3 Å². The van der Waals surface area contributed by atoms with Crippen LogP contribution in [0.25, 0.3) is 0 Å². The van der Waals surface area contributed by atoms with E-state index in [1.807, 2.05) is 11.0 Å². The number of hydrogen-bond donors (Lipinski definition) is 1. The number of rotatable bonds is 6. The quantitative estimate of drug-likeness (QED) is 0.762. The van der Waals surface area contributed by atoms with Gasteiger partial charge in [0.2, 0.25) is 5.09 Å². The van der Waals surface area contributed by atoms with Crippen LogP contribution in [0.2, 0.25) is 0 Å². The third kappa shape index (κ3) is 3.75. The zero-order valence-corrected chi connectivity index (χ0v) is 17.4. The van der Waals surface area contributed by atoms with Crippen LogP contribution in [-0.2, 0) is 23.1 Å². The summed E-state index contributed by atoms with van der Waals surface area (Å²) < 4.78 is 43.3. The topological polar surface area (TPSA) is 92.5 Å². The molecule has 0 aliphatic carbocycles. The van der Waals surface area contributed by atoms with Gasteiger partial charge >= 0.3 is 0 Å². The Bertz CT molecular complexity index is 981.